The molecule has 0 aliphatic carbocycles. The summed E-state index contributed by atoms with van der Waals surface area (Å²) in [6.45, 7) is 4.07. The van der Waals surface area contributed by atoms with Gasteiger partial charge in [0.2, 0.25) is 5.78 Å². The van der Waals surface area contributed by atoms with E-state index in [2.05, 4.69) is 18.2 Å². The molecule has 0 bridgehead atoms. The number of hydrogen-bond acceptors (Lipinski definition) is 5. The Hall–Kier alpha value is -4.45. The molecule has 168 valence electrons. The van der Waals surface area contributed by atoms with Crippen molar-refractivity contribution in [3.05, 3.63) is 107 Å². The van der Waals surface area contributed by atoms with Crippen LogP contribution in [0.1, 0.15) is 37.4 Å². The van der Waals surface area contributed by atoms with Crippen molar-refractivity contribution in [3.63, 3.8) is 0 Å². The minimum absolute atomic E-state index is 0.177. The molecule has 3 aromatic carbocycles. The van der Waals surface area contributed by atoms with E-state index in [1.165, 1.54) is 13.2 Å². The van der Waals surface area contributed by atoms with Gasteiger partial charge in [0.25, 0.3) is 0 Å². The van der Waals surface area contributed by atoms with Crippen molar-refractivity contribution < 1.29 is 19.1 Å². The lowest BCUT2D eigenvalue weighted by molar-refractivity contribution is 0.0600. The molecule has 1 aliphatic rings. The molecule has 6 nitrogen and oxygen atoms in total. The number of aryl methyl sites for hydroxylation is 2. The van der Waals surface area contributed by atoms with Gasteiger partial charge < -0.3 is 9.47 Å². The van der Waals surface area contributed by atoms with E-state index in [0.717, 1.165) is 33.6 Å². The Morgan fingerprint density at radius 1 is 1.00 bits per heavy atom. The Kier molecular flexibility index (Phi) is 5.34. The van der Waals surface area contributed by atoms with Crippen molar-refractivity contribution >= 4 is 17.8 Å². The van der Waals surface area contributed by atoms with Gasteiger partial charge in [-0.15, -0.1) is 0 Å². The zero-order chi connectivity index (χ0) is 23.8. The number of ketones is 1. The van der Waals surface area contributed by atoms with Crippen LogP contribution in [-0.2, 0) is 4.74 Å². The van der Waals surface area contributed by atoms with Gasteiger partial charge >= 0.3 is 5.97 Å². The molecular formula is C28H22N2O4. The van der Waals surface area contributed by atoms with Crippen molar-refractivity contribution in [1.82, 2.24) is 9.78 Å². The van der Waals surface area contributed by atoms with Crippen LogP contribution in [0.5, 0.6) is 5.75 Å². The molecule has 0 fully saturated rings. The fourth-order valence-electron chi connectivity index (χ4n) is 3.98. The summed E-state index contributed by atoms with van der Waals surface area (Å²) in [7, 11) is 1.30. The number of fused-ring (bicyclic) bond motifs is 1. The van der Waals surface area contributed by atoms with Crippen LogP contribution >= 0.6 is 0 Å². The van der Waals surface area contributed by atoms with Crippen LogP contribution in [0.15, 0.2) is 78.7 Å². The summed E-state index contributed by atoms with van der Waals surface area (Å²) >= 11 is 0. The third-order valence-electron chi connectivity index (χ3n) is 5.79. The number of esters is 1. The fraction of sp³-hybridized carbons (Fsp3) is 0.107. The van der Waals surface area contributed by atoms with Crippen LogP contribution < -0.4 is 4.74 Å². The van der Waals surface area contributed by atoms with Crippen LogP contribution in [0.25, 0.3) is 23.0 Å². The zero-order valence-electron chi connectivity index (χ0n) is 19.0. The van der Waals surface area contributed by atoms with Crippen LogP contribution in [0.4, 0.5) is 0 Å². The highest BCUT2D eigenvalue weighted by Gasteiger charge is 2.29. The van der Waals surface area contributed by atoms with Gasteiger partial charge in [0.1, 0.15) is 11.4 Å². The van der Waals surface area contributed by atoms with E-state index in [4.69, 9.17) is 14.6 Å². The Morgan fingerprint density at radius 3 is 2.56 bits per heavy atom. The minimum Gasteiger partial charge on any atom is -0.465 e. The first kappa shape index (κ1) is 21.4. The largest absolute Gasteiger partial charge is 0.465 e. The molecule has 0 atom stereocenters. The lowest BCUT2D eigenvalue weighted by atomic mass is 9.99. The summed E-state index contributed by atoms with van der Waals surface area (Å²) in [6, 6.07) is 20.7. The number of aromatic nitrogens is 2. The van der Waals surface area contributed by atoms with Crippen LogP contribution in [-0.4, -0.2) is 28.6 Å². The smallest absolute Gasteiger partial charge is 0.337 e. The maximum atomic E-state index is 13.1. The molecule has 0 unspecified atom stereocenters. The molecule has 6 heteroatoms. The number of carbonyl (C=O) groups excluding carboxylic acids is 2. The first-order chi connectivity index (χ1) is 16.4. The van der Waals surface area contributed by atoms with E-state index in [-0.39, 0.29) is 11.5 Å². The number of benzene rings is 3. The lowest BCUT2D eigenvalue weighted by Crippen LogP contribution is -2.03. The average Bonchev–Trinajstić information content (AvgIpc) is 3.41. The Bertz CT molecular complexity index is 1470. The van der Waals surface area contributed by atoms with E-state index < -0.39 is 5.97 Å². The molecule has 5 rings (SSSR count). The predicted molar refractivity (Wildman–Crippen MR) is 129 cm³/mol. The van der Waals surface area contributed by atoms with Gasteiger partial charge in [-0.05, 0) is 61.9 Å². The highest BCUT2D eigenvalue weighted by atomic mass is 16.5. The van der Waals surface area contributed by atoms with Crippen molar-refractivity contribution in [2.24, 2.45) is 0 Å². The number of methoxy groups -OCH3 is 1. The number of ether oxygens (including phenoxy) is 2. The van der Waals surface area contributed by atoms with Crippen LogP contribution in [0.3, 0.4) is 0 Å². The fourth-order valence-corrected chi connectivity index (χ4v) is 3.98. The number of hydrogen-bond donors (Lipinski definition) is 0. The van der Waals surface area contributed by atoms with E-state index >= 15 is 0 Å². The van der Waals surface area contributed by atoms with Gasteiger partial charge in [-0.3, -0.25) is 4.79 Å². The number of Topliss-reactive ketones (excluding diaryl/α,β-unsaturated/α-hetero) is 1. The molecule has 0 saturated heterocycles. The molecule has 0 spiro atoms. The Morgan fingerprint density at radius 2 is 1.79 bits per heavy atom. The summed E-state index contributed by atoms with van der Waals surface area (Å²) < 4.78 is 12.4. The summed E-state index contributed by atoms with van der Waals surface area (Å²) in [6.07, 6.45) is 3.60. The van der Waals surface area contributed by atoms with Crippen molar-refractivity contribution in [2.75, 3.05) is 7.11 Å². The third kappa shape index (κ3) is 3.79. The molecule has 0 saturated carbocycles. The second kappa shape index (κ2) is 8.48. The van der Waals surface area contributed by atoms with Crippen molar-refractivity contribution in [2.45, 2.75) is 13.8 Å². The maximum Gasteiger partial charge on any atom is 0.337 e. The van der Waals surface area contributed by atoms with Crippen LogP contribution in [0, 0.1) is 13.8 Å². The van der Waals surface area contributed by atoms with E-state index in [0.29, 0.717) is 16.9 Å². The highest BCUT2D eigenvalue weighted by Crippen LogP contribution is 2.35. The van der Waals surface area contributed by atoms with E-state index in [9.17, 15) is 9.59 Å². The standard InChI is InChI=1S/C28H22N2O4/c1-17-9-10-18(2)22(13-17)26-20(16-30(29-26)21-7-5-4-6-8-21)15-25-27(31)23-14-19(28(32)33-3)11-12-24(23)34-25/h4-16H,1-3H3/b25-15-. The molecular weight excluding hydrogens is 428 g/mol. The predicted octanol–water partition coefficient (Wildman–Crippen LogP) is 5.56. The molecule has 0 N–H and O–H groups in total. The second-order valence-electron chi connectivity index (χ2n) is 8.17. The molecule has 4 aromatic rings. The summed E-state index contributed by atoms with van der Waals surface area (Å²) in [5.41, 5.74) is 6.21. The average molecular weight is 450 g/mol. The Labute approximate surface area is 197 Å². The van der Waals surface area contributed by atoms with E-state index in [1.807, 2.05) is 50.4 Å². The normalized spacial score (nSPS) is 13.6. The quantitative estimate of drug-likeness (QED) is 0.301. The van der Waals surface area contributed by atoms with E-state index in [1.54, 1.807) is 22.9 Å². The molecule has 0 radical (unpaired) electrons. The molecule has 0 amide bonds. The number of rotatable bonds is 4. The minimum atomic E-state index is -0.505. The van der Waals surface area contributed by atoms with Gasteiger partial charge in [0.15, 0.2) is 5.76 Å². The van der Waals surface area contributed by atoms with Crippen molar-refractivity contribution in [3.8, 4) is 22.7 Å². The van der Waals surface area contributed by atoms with Gasteiger partial charge in [-0.1, -0.05) is 35.9 Å². The third-order valence-corrected chi connectivity index (χ3v) is 5.79. The topological polar surface area (TPSA) is 70.4 Å². The van der Waals surface area contributed by atoms with Crippen molar-refractivity contribution in [1.29, 1.82) is 0 Å². The Balaban J connectivity index is 1.62. The van der Waals surface area contributed by atoms with Crippen LogP contribution in [0.2, 0.25) is 0 Å². The van der Waals surface area contributed by atoms with Gasteiger partial charge in [-0.2, -0.15) is 5.10 Å². The monoisotopic (exact) mass is 450 g/mol. The summed E-state index contributed by atoms with van der Waals surface area (Å²) in [5.74, 6) is -0.210. The molecule has 2 heterocycles. The molecule has 34 heavy (non-hydrogen) atoms. The highest BCUT2D eigenvalue weighted by molar-refractivity contribution is 6.15. The second-order valence-corrected chi connectivity index (χ2v) is 8.17. The number of allylic oxidation sites excluding steroid dienone is 1. The zero-order valence-corrected chi connectivity index (χ0v) is 19.0. The molecule has 1 aliphatic heterocycles. The first-order valence-corrected chi connectivity index (χ1v) is 10.8. The number of para-hydroxylation sites is 1. The number of nitrogens with zero attached hydrogens (tertiary/aromatic N) is 2. The number of carbonyl (C=O) groups is 2. The summed E-state index contributed by atoms with van der Waals surface area (Å²) in [4.78, 5) is 25.0. The molecule has 1 aromatic heterocycles. The maximum absolute atomic E-state index is 13.1. The lowest BCUT2D eigenvalue weighted by Gasteiger charge is -2.06. The first-order valence-electron chi connectivity index (χ1n) is 10.8. The van der Waals surface area contributed by atoms with Gasteiger partial charge in [-0.25, -0.2) is 9.48 Å². The van der Waals surface area contributed by atoms with Gasteiger partial charge in [0, 0.05) is 17.3 Å². The summed E-state index contributed by atoms with van der Waals surface area (Å²) in [5, 5.41) is 4.86. The van der Waals surface area contributed by atoms with Gasteiger partial charge in [0.05, 0.1) is 23.9 Å². The SMILES string of the molecule is COC(=O)c1ccc2c(c1)C(=O)/C(=C/c1cn(-c3ccccc3)nc1-c1cc(C)ccc1C)O2.